The van der Waals surface area contributed by atoms with Gasteiger partial charge in [0, 0.05) is 25.7 Å². The smallest absolute Gasteiger partial charge is 0.152 e. The molecule has 0 spiro atoms. The zero-order chi connectivity index (χ0) is 21.0. The van der Waals surface area contributed by atoms with E-state index in [-0.39, 0.29) is 0 Å². The molecular formula is C21H30N4O3S. The Balaban J connectivity index is 1.86. The first-order valence-corrected chi connectivity index (χ1v) is 12.2. The van der Waals surface area contributed by atoms with Gasteiger partial charge in [0.25, 0.3) is 0 Å². The highest BCUT2D eigenvalue weighted by molar-refractivity contribution is 7.99. The lowest BCUT2D eigenvalue weighted by atomic mass is 10.1. The van der Waals surface area contributed by atoms with Gasteiger partial charge in [-0.2, -0.15) is 0 Å². The number of aryl methyl sites for hydroxylation is 1. The Bertz CT molecular complexity index is 1110. The maximum Gasteiger partial charge on any atom is 0.152 e. The van der Waals surface area contributed by atoms with Gasteiger partial charge in [-0.1, -0.05) is 6.07 Å². The summed E-state index contributed by atoms with van der Waals surface area (Å²) in [5, 5.41) is 0.906. The SMILES string of the molecule is C=S(C)(=O)CCCCCOc1cccc2nc(N)c3nc(COCC)n(C)c3c12. The molecule has 0 aliphatic rings. The summed E-state index contributed by atoms with van der Waals surface area (Å²) in [7, 11) is 0.0479. The number of nitrogens with zero attached hydrogens (tertiary/aromatic N) is 3. The molecular weight excluding hydrogens is 388 g/mol. The molecule has 0 bridgehead atoms. The number of hydrogen-bond acceptors (Lipinski definition) is 6. The van der Waals surface area contributed by atoms with Crippen LogP contribution in [0.15, 0.2) is 18.2 Å². The Labute approximate surface area is 172 Å². The molecule has 0 radical (unpaired) electrons. The van der Waals surface area contributed by atoms with E-state index in [1.807, 2.05) is 36.7 Å². The Hall–Kier alpha value is -2.32. The second-order valence-corrected chi connectivity index (χ2v) is 10.1. The number of unbranched alkanes of at least 4 members (excludes halogenated alkanes) is 2. The zero-order valence-electron chi connectivity index (χ0n) is 17.4. The van der Waals surface area contributed by atoms with E-state index < -0.39 is 9.52 Å². The van der Waals surface area contributed by atoms with Crippen molar-refractivity contribution >= 4 is 43.1 Å². The molecule has 0 fully saturated rings. The van der Waals surface area contributed by atoms with Gasteiger partial charge in [-0.25, -0.2) is 9.97 Å². The van der Waals surface area contributed by atoms with Crippen LogP contribution in [0.3, 0.4) is 0 Å². The second kappa shape index (κ2) is 9.00. The molecule has 0 aliphatic carbocycles. The van der Waals surface area contributed by atoms with Crippen molar-refractivity contribution in [1.29, 1.82) is 0 Å². The van der Waals surface area contributed by atoms with Crippen molar-refractivity contribution in [2.75, 3.05) is 31.0 Å². The lowest BCUT2D eigenvalue weighted by molar-refractivity contribution is 0.126. The van der Waals surface area contributed by atoms with Crippen LogP contribution < -0.4 is 10.5 Å². The van der Waals surface area contributed by atoms with Crippen molar-refractivity contribution in [3.05, 3.63) is 24.0 Å². The summed E-state index contributed by atoms with van der Waals surface area (Å²) < 4.78 is 25.3. The summed E-state index contributed by atoms with van der Waals surface area (Å²) >= 11 is 0. The molecule has 2 heterocycles. The third kappa shape index (κ3) is 5.00. The van der Waals surface area contributed by atoms with E-state index in [1.165, 1.54) is 0 Å². The van der Waals surface area contributed by atoms with E-state index in [1.54, 1.807) is 6.26 Å². The highest BCUT2D eigenvalue weighted by Gasteiger charge is 2.18. The van der Waals surface area contributed by atoms with E-state index in [0.717, 1.165) is 47.3 Å². The van der Waals surface area contributed by atoms with E-state index >= 15 is 0 Å². The minimum absolute atomic E-state index is 0.402. The largest absolute Gasteiger partial charge is 0.493 e. The van der Waals surface area contributed by atoms with Crippen LogP contribution in [0.5, 0.6) is 5.75 Å². The third-order valence-corrected chi connectivity index (χ3v) is 5.98. The van der Waals surface area contributed by atoms with Crippen LogP contribution in [-0.4, -0.2) is 49.8 Å². The van der Waals surface area contributed by atoms with Crippen LogP contribution in [0, 0.1) is 0 Å². The highest BCUT2D eigenvalue weighted by Crippen LogP contribution is 2.34. The van der Waals surface area contributed by atoms with Crippen LogP contribution in [0.25, 0.3) is 21.9 Å². The number of nitrogens with two attached hydrogens (primary N) is 1. The first-order valence-electron chi connectivity index (χ1n) is 9.85. The van der Waals surface area contributed by atoms with E-state index in [4.69, 9.17) is 15.2 Å². The number of rotatable bonds is 10. The van der Waals surface area contributed by atoms with Crippen LogP contribution in [0.4, 0.5) is 5.82 Å². The van der Waals surface area contributed by atoms with Crippen LogP contribution in [0.2, 0.25) is 0 Å². The maximum absolute atomic E-state index is 11.7. The Kier molecular flexibility index (Phi) is 6.64. The number of hydrogen-bond donors (Lipinski definition) is 1. The Morgan fingerprint density at radius 3 is 2.76 bits per heavy atom. The molecule has 0 saturated carbocycles. The number of aromatic nitrogens is 3. The summed E-state index contributed by atoms with van der Waals surface area (Å²) in [6.45, 7) is 3.57. The minimum atomic E-state index is -1.91. The van der Waals surface area contributed by atoms with Gasteiger partial charge in [0.1, 0.15) is 23.7 Å². The van der Waals surface area contributed by atoms with Crippen molar-refractivity contribution in [1.82, 2.24) is 14.5 Å². The number of ether oxygens (including phenoxy) is 2. The van der Waals surface area contributed by atoms with Gasteiger partial charge in [-0.3, -0.25) is 4.21 Å². The van der Waals surface area contributed by atoms with Gasteiger partial charge >= 0.3 is 0 Å². The first kappa shape index (κ1) is 21.4. The van der Waals surface area contributed by atoms with Crippen molar-refractivity contribution in [2.24, 2.45) is 7.05 Å². The van der Waals surface area contributed by atoms with Crippen LogP contribution >= 0.6 is 0 Å². The van der Waals surface area contributed by atoms with E-state index in [9.17, 15) is 4.21 Å². The number of benzene rings is 1. The second-order valence-electron chi connectivity index (χ2n) is 7.37. The molecule has 2 aromatic heterocycles. The van der Waals surface area contributed by atoms with Crippen LogP contribution in [0.1, 0.15) is 32.0 Å². The number of nitrogen functional groups attached to an aromatic ring is 1. The molecule has 8 heteroatoms. The molecule has 1 aromatic carbocycles. The predicted octanol–water partition coefficient (Wildman–Crippen LogP) is 3.14. The van der Waals surface area contributed by atoms with E-state index in [2.05, 4.69) is 15.8 Å². The molecule has 3 rings (SSSR count). The number of pyridine rings is 1. The van der Waals surface area contributed by atoms with Gasteiger partial charge < -0.3 is 19.8 Å². The van der Waals surface area contributed by atoms with Gasteiger partial charge in [0.2, 0.25) is 0 Å². The molecule has 7 nitrogen and oxygen atoms in total. The monoisotopic (exact) mass is 418 g/mol. The predicted molar refractivity (Wildman–Crippen MR) is 121 cm³/mol. The summed E-state index contributed by atoms with van der Waals surface area (Å²) in [6.07, 6.45) is 4.44. The van der Waals surface area contributed by atoms with Gasteiger partial charge in [-0.05, 0) is 53.7 Å². The molecule has 2 N–H and O–H groups in total. The topological polar surface area (TPSA) is 92.3 Å². The zero-order valence-corrected chi connectivity index (χ0v) is 18.3. The quantitative estimate of drug-likeness (QED) is 0.402. The lowest BCUT2D eigenvalue weighted by Crippen LogP contribution is -2.04. The molecule has 29 heavy (non-hydrogen) atoms. The summed E-state index contributed by atoms with van der Waals surface area (Å²) in [6, 6.07) is 5.80. The Morgan fingerprint density at radius 1 is 1.24 bits per heavy atom. The maximum atomic E-state index is 11.7. The highest BCUT2D eigenvalue weighted by atomic mass is 32.2. The molecule has 0 aliphatic heterocycles. The lowest BCUT2D eigenvalue weighted by Gasteiger charge is -2.12. The number of anilines is 1. The van der Waals surface area contributed by atoms with Gasteiger partial charge in [-0.15, -0.1) is 0 Å². The first-order chi connectivity index (χ1) is 13.8. The molecule has 0 amide bonds. The molecule has 0 saturated heterocycles. The van der Waals surface area contributed by atoms with Crippen molar-refractivity contribution in [3.63, 3.8) is 0 Å². The summed E-state index contributed by atoms with van der Waals surface area (Å²) in [4.78, 5) is 9.17. The molecule has 1 unspecified atom stereocenters. The fourth-order valence-corrected chi connectivity index (χ4v) is 4.17. The van der Waals surface area contributed by atoms with Crippen molar-refractivity contribution < 1.29 is 13.7 Å². The fourth-order valence-electron chi connectivity index (χ4n) is 3.35. The normalized spacial score (nSPS) is 13.8. The third-order valence-electron chi connectivity index (χ3n) is 4.83. The molecule has 158 valence electrons. The minimum Gasteiger partial charge on any atom is -0.493 e. The van der Waals surface area contributed by atoms with Crippen LogP contribution in [-0.2, 0) is 27.9 Å². The standard InChI is InChI=1S/C21H30N4O3S/c1-5-27-14-17-24-19-20(25(17)2)18-15(23-21(19)22)10-9-11-16(18)28-12-7-6-8-13-29(3,4)26/h9-11H,3,5-8,12-14H2,1-2,4H3,(H2,22,23). The van der Waals surface area contributed by atoms with Crippen molar-refractivity contribution in [2.45, 2.75) is 32.8 Å². The summed E-state index contributed by atoms with van der Waals surface area (Å²) in [5.74, 6) is 6.32. The van der Waals surface area contributed by atoms with Crippen molar-refractivity contribution in [3.8, 4) is 5.75 Å². The molecule has 3 aromatic rings. The summed E-state index contributed by atoms with van der Waals surface area (Å²) in [5.41, 5.74) is 8.52. The van der Waals surface area contributed by atoms with Gasteiger partial charge in [0.05, 0.1) is 23.0 Å². The average molecular weight is 419 g/mol. The Morgan fingerprint density at radius 2 is 2.03 bits per heavy atom. The average Bonchev–Trinajstić information content (AvgIpc) is 2.99. The molecule has 1 atom stereocenters. The van der Waals surface area contributed by atoms with E-state index in [0.29, 0.717) is 36.9 Å². The number of fused-ring (bicyclic) bond motifs is 3. The fraction of sp³-hybridized carbons (Fsp3) is 0.476. The van der Waals surface area contributed by atoms with Gasteiger partial charge in [0.15, 0.2) is 5.82 Å². The number of imidazole rings is 1.